The Balaban J connectivity index is 1.81. The van der Waals surface area contributed by atoms with Crippen LogP contribution in [0.4, 0.5) is 5.69 Å². The second-order valence-electron chi connectivity index (χ2n) is 6.33. The van der Waals surface area contributed by atoms with Gasteiger partial charge in [0.05, 0.1) is 17.3 Å². The largest absolute Gasteiger partial charge is 0.383 e. The standard InChI is InChI=1S/C21H17N5OS/c1-13-17(20(27)25-15-10-6-3-7-11-15)18(14-8-4-2-5-9-14)26-19(23)16(12-22)28-21(26)24-13/h2-11,18H,23H2,1H3,(H,25,27). The van der Waals surface area contributed by atoms with E-state index in [-0.39, 0.29) is 5.91 Å². The van der Waals surface area contributed by atoms with E-state index in [9.17, 15) is 10.1 Å². The molecule has 3 N–H and O–H groups in total. The van der Waals surface area contributed by atoms with Crippen LogP contribution in [0.1, 0.15) is 18.5 Å². The summed E-state index contributed by atoms with van der Waals surface area (Å²) in [7, 11) is 0. The summed E-state index contributed by atoms with van der Waals surface area (Å²) in [4.78, 5) is 19.9. The summed E-state index contributed by atoms with van der Waals surface area (Å²) in [5.74, 6) is 0.0705. The Labute approximate surface area is 167 Å². The van der Waals surface area contributed by atoms with Gasteiger partial charge in [0.1, 0.15) is 16.8 Å². The Hall–Kier alpha value is -3.50. The maximum absolute atomic E-state index is 13.2. The van der Waals surface area contributed by atoms with Gasteiger partial charge < -0.3 is 11.1 Å². The minimum Gasteiger partial charge on any atom is -0.383 e. The minimum absolute atomic E-state index is 0.247. The molecule has 2 aliphatic heterocycles. The molecule has 0 fully saturated rings. The van der Waals surface area contributed by atoms with E-state index in [4.69, 9.17) is 5.73 Å². The number of nitrogens with zero attached hydrogens (tertiary/aromatic N) is 3. The number of hydrogen-bond donors (Lipinski definition) is 2. The Morgan fingerprint density at radius 1 is 1.18 bits per heavy atom. The smallest absolute Gasteiger partial charge is 0.255 e. The van der Waals surface area contributed by atoms with Crippen molar-refractivity contribution in [2.24, 2.45) is 10.7 Å². The van der Waals surface area contributed by atoms with Crippen molar-refractivity contribution >= 4 is 28.5 Å². The van der Waals surface area contributed by atoms with Gasteiger partial charge in [0.2, 0.25) is 0 Å². The van der Waals surface area contributed by atoms with Crippen molar-refractivity contribution < 1.29 is 4.79 Å². The fraction of sp³-hybridized carbons (Fsp3) is 0.0952. The second kappa shape index (κ2) is 7.25. The molecule has 138 valence electrons. The van der Waals surface area contributed by atoms with Crippen LogP contribution in [0.15, 0.2) is 87.7 Å². The molecular weight excluding hydrogens is 370 g/mol. The predicted octanol–water partition coefficient (Wildman–Crippen LogP) is 3.71. The van der Waals surface area contributed by atoms with Gasteiger partial charge in [-0.2, -0.15) is 5.26 Å². The number of carbonyl (C=O) groups is 1. The number of thioether (sulfide) groups is 1. The molecule has 4 rings (SSSR count). The molecule has 6 nitrogen and oxygen atoms in total. The van der Waals surface area contributed by atoms with Crippen LogP contribution in [0, 0.1) is 11.3 Å². The average molecular weight is 387 g/mol. The van der Waals surface area contributed by atoms with Crippen LogP contribution in [-0.4, -0.2) is 16.0 Å². The van der Waals surface area contributed by atoms with Crippen LogP contribution in [0.2, 0.25) is 0 Å². The van der Waals surface area contributed by atoms with Crippen LogP contribution in [0.5, 0.6) is 0 Å². The summed E-state index contributed by atoms with van der Waals surface area (Å²) in [6.45, 7) is 1.81. The third-order valence-electron chi connectivity index (χ3n) is 4.57. The first-order valence-corrected chi connectivity index (χ1v) is 9.49. The molecule has 2 aromatic carbocycles. The number of carbonyl (C=O) groups excluding carboxylic acids is 1. The summed E-state index contributed by atoms with van der Waals surface area (Å²) in [6, 6.07) is 20.6. The van der Waals surface area contributed by atoms with Crippen molar-refractivity contribution in [3.8, 4) is 6.07 Å². The summed E-state index contributed by atoms with van der Waals surface area (Å²) in [5.41, 5.74) is 8.96. The lowest BCUT2D eigenvalue weighted by Gasteiger charge is -2.35. The number of allylic oxidation sites excluding steroid dienone is 2. The molecule has 28 heavy (non-hydrogen) atoms. The molecule has 0 saturated carbocycles. The van der Waals surface area contributed by atoms with E-state index in [0.717, 1.165) is 5.56 Å². The zero-order valence-electron chi connectivity index (χ0n) is 15.1. The summed E-state index contributed by atoms with van der Waals surface area (Å²) < 4.78 is 0. The van der Waals surface area contributed by atoms with Crippen molar-refractivity contribution in [1.82, 2.24) is 4.90 Å². The molecule has 0 spiro atoms. The first-order chi connectivity index (χ1) is 13.6. The number of amidine groups is 1. The van der Waals surface area contributed by atoms with Crippen molar-refractivity contribution in [2.75, 3.05) is 5.32 Å². The van der Waals surface area contributed by atoms with Gasteiger partial charge >= 0.3 is 0 Å². The first-order valence-electron chi connectivity index (χ1n) is 8.68. The molecule has 0 aliphatic carbocycles. The lowest BCUT2D eigenvalue weighted by Crippen LogP contribution is -2.39. The van der Waals surface area contributed by atoms with Crippen molar-refractivity contribution in [2.45, 2.75) is 13.0 Å². The first kappa shape index (κ1) is 17.9. The van der Waals surface area contributed by atoms with Gasteiger partial charge in [-0.05, 0) is 36.4 Å². The maximum Gasteiger partial charge on any atom is 0.255 e. The zero-order valence-corrected chi connectivity index (χ0v) is 15.9. The van der Waals surface area contributed by atoms with Gasteiger partial charge in [-0.3, -0.25) is 9.69 Å². The highest BCUT2D eigenvalue weighted by molar-refractivity contribution is 8.17. The fourth-order valence-electron chi connectivity index (χ4n) is 3.30. The van der Waals surface area contributed by atoms with Crippen molar-refractivity contribution in [1.29, 1.82) is 5.26 Å². The molecule has 2 aromatic rings. The van der Waals surface area contributed by atoms with Gasteiger partial charge in [0.25, 0.3) is 5.91 Å². The number of amides is 1. The molecule has 0 aromatic heterocycles. The van der Waals surface area contributed by atoms with Crippen LogP contribution < -0.4 is 11.1 Å². The number of anilines is 1. The average Bonchev–Trinajstić information content (AvgIpc) is 3.03. The van der Waals surface area contributed by atoms with E-state index >= 15 is 0 Å². The number of nitrogens with two attached hydrogens (primary N) is 1. The highest BCUT2D eigenvalue weighted by atomic mass is 32.2. The SMILES string of the molecule is CC1=C(C(=O)Nc2ccccc2)C(c2ccccc2)N2C(=N1)SC(C#N)=C2N. The molecular formula is C21H17N5OS. The molecule has 0 saturated heterocycles. The lowest BCUT2D eigenvalue weighted by molar-refractivity contribution is -0.113. The summed E-state index contributed by atoms with van der Waals surface area (Å²) >= 11 is 1.23. The number of benzene rings is 2. The third-order valence-corrected chi connectivity index (χ3v) is 5.54. The summed E-state index contributed by atoms with van der Waals surface area (Å²) in [6.07, 6.45) is 0. The molecule has 0 bridgehead atoms. The number of para-hydroxylation sites is 1. The molecule has 2 aliphatic rings. The normalized spacial score (nSPS) is 18.5. The Morgan fingerprint density at radius 3 is 2.46 bits per heavy atom. The molecule has 1 amide bonds. The summed E-state index contributed by atoms with van der Waals surface area (Å²) in [5, 5.41) is 12.9. The number of rotatable bonds is 3. The number of aliphatic imine (C=N–C) groups is 1. The lowest BCUT2D eigenvalue weighted by atomic mass is 9.94. The zero-order chi connectivity index (χ0) is 19.7. The maximum atomic E-state index is 13.2. The molecule has 1 atom stereocenters. The number of hydrogen-bond acceptors (Lipinski definition) is 6. The van der Waals surface area contributed by atoms with Crippen LogP contribution >= 0.6 is 11.8 Å². The van der Waals surface area contributed by atoms with E-state index in [1.807, 2.05) is 60.7 Å². The van der Waals surface area contributed by atoms with E-state index in [0.29, 0.717) is 32.9 Å². The molecule has 0 radical (unpaired) electrons. The third kappa shape index (κ3) is 3.04. The minimum atomic E-state index is -0.462. The van der Waals surface area contributed by atoms with Gasteiger partial charge in [0, 0.05) is 5.69 Å². The van der Waals surface area contributed by atoms with Gasteiger partial charge in [0.15, 0.2) is 5.17 Å². The number of nitrogens with one attached hydrogen (secondary N) is 1. The highest BCUT2D eigenvalue weighted by Gasteiger charge is 2.42. The van der Waals surface area contributed by atoms with Gasteiger partial charge in [-0.15, -0.1) is 0 Å². The number of fused-ring (bicyclic) bond motifs is 1. The highest BCUT2D eigenvalue weighted by Crippen LogP contribution is 2.45. The quantitative estimate of drug-likeness (QED) is 0.837. The van der Waals surface area contributed by atoms with Gasteiger partial charge in [-0.25, -0.2) is 4.99 Å². The monoisotopic (exact) mass is 387 g/mol. The van der Waals surface area contributed by atoms with Crippen LogP contribution in [0.3, 0.4) is 0 Å². The van der Waals surface area contributed by atoms with Crippen molar-refractivity contribution in [3.63, 3.8) is 0 Å². The van der Waals surface area contributed by atoms with Crippen LogP contribution in [0.25, 0.3) is 0 Å². The Bertz CT molecular complexity index is 1070. The Morgan fingerprint density at radius 2 is 1.82 bits per heavy atom. The topological polar surface area (TPSA) is 94.5 Å². The molecule has 1 unspecified atom stereocenters. The van der Waals surface area contributed by atoms with E-state index in [1.165, 1.54) is 11.8 Å². The van der Waals surface area contributed by atoms with Crippen molar-refractivity contribution in [3.05, 3.63) is 88.2 Å². The predicted molar refractivity (Wildman–Crippen MR) is 111 cm³/mol. The Kier molecular flexibility index (Phi) is 4.63. The van der Waals surface area contributed by atoms with E-state index < -0.39 is 6.04 Å². The van der Waals surface area contributed by atoms with E-state index in [2.05, 4.69) is 16.4 Å². The van der Waals surface area contributed by atoms with E-state index in [1.54, 1.807) is 11.8 Å². The molecule has 2 heterocycles. The van der Waals surface area contributed by atoms with Gasteiger partial charge in [-0.1, -0.05) is 48.5 Å². The van der Waals surface area contributed by atoms with Crippen LogP contribution in [-0.2, 0) is 4.79 Å². The number of nitriles is 1. The molecule has 7 heteroatoms. The fourth-order valence-corrected chi connectivity index (χ4v) is 4.22. The second-order valence-corrected chi connectivity index (χ2v) is 7.30.